The Kier molecular flexibility index (Phi) is 7.43. The van der Waals surface area contributed by atoms with Gasteiger partial charge in [0.15, 0.2) is 40.1 Å². The molecule has 0 aliphatic heterocycles. The summed E-state index contributed by atoms with van der Waals surface area (Å²) in [7, 11) is 1.18. The van der Waals surface area contributed by atoms with Gasteiger partial charge in [-0.25, -0.2) is 16.4 Å². The zero-order chi connectivity index (χ0) is 26.7. The molecule has 0 amide bonds. The highest BCUT2D eigenvalue weighted by molar-refractivity contribution is 7.48. The van der Waals surface area contributed by atoms with E-state index in [2.05, 4.69) is 9.25 Å². The highest BCUT2D eigenvalue weighted by Gasteiger charge is 2.34. The average molecular weight is 534 g/mol. The monoisotopic (exact) mass is 534 g/mol. The second kappa shape index (κ2) is 10.5. The topological polar surface area (TPSA) is 177 Å². The molecule has 0 unspecified atom stereocenters. The Morgan fingerprint density at radius 2 is 1.51 bits per heavy atom. The van der Waals surface area contributed by atoms with Gasteiger partial charge in [0.1, 0.15) is 0 Å². The van der Waals surface area contributed by atoms with E-state index in [9.17, 15) is 9.36 Å². The van der Waals surface area contributed by atoms with E-state index >= 15 is 0 Å². The van der Waals surface area contributed by atoms with Crippen LogP contribution in [0.5, 0.6) is 28.7 Å². The van der Waals surface area contributed by atoms with Gasteiger partial charge in [0.25, 0.3) is 0 Å². The van der Waals surface area contributed by atoms with Crippen molar-refractivity contribution in [2.45, 2.75) is 0 Å². The molecule has 14 heteroatoms. The molecule has 0 bridgehead atoms. The lowest BCUT2D eigenvalue weighted by Gasteiger charge is -2.15. The van der Waals surface area contributed by atoms with Crippen LogP contribution in [0.3, 0.4) is 0 Å². The van der Waals surface area contributed by atoms with Gasteiger partial charge in [0, 0.05) is 10.9 Å². The third-order valence-electron chi connectivity index (χ3n) is 5.36. The smallest absolute Gasteiger partial charge is 0.493 e. The molecule has 4 aromatic rings. The molecule has 0 aliphatic rings. The first-order valence-electron chi connectivity index (χ1n) is 10.4. The van der Waals surface area contributed by atoms with Crippen LogP contribution in [-0.2, 0) is 13.8 Å². The summed E-state index contributed by atoms with van der Waals surface area (Å²) < 4.78 is 59.5. The Morgan fingerprint density at radius 3 is 2.03 bits per heavy atom. The molecule has 4 rings (SSSR count). The quantitative estimate of drug-likeness (QED) is 0.159. The summed E-state index contributed by atoms with van der Waals surface area (Å²) in [6.07, 6.45) is 1.41. The van der Waals surface area contributed by atoms with Gasteiger partial charge in [0.2, 0.25) is 11.5 Å². The van der Waals surface area contributed by atoms with Crippen LogP contribution < -0.4 is 35.3 Å². The van der Waals surface area contributed by atoms with Crippen molar-refractivity contribution in [1.82, 2.24) is 0 Å². The number of benzene rings is 2. The fourth-order valence-electron chi connectivity index (χ4n) is 3.71. The molecule has 13 nitrogen and oxygen atoms in total. The second-order valence-electron chi connectivity index (χ2n) is 7.25. The number of hydrogen-bond acceptors (Lipinski definition) is 13. The van der Waals surface area contributed by atoms with Gasteiger partial charge < -0.3 is 32.3 Å². The minimum Gasteiger partial charge on any atom is -0.493 e. The molecule has 2 heterocycles. The molecular weight excluding hydrogens is 511 g/mol. The van der Waals surface area contributed by atoms with Crippen LogP contribution >= 0.6 is 7.82 Å². The number of nitrogens with two attached hydrogens (primary N) is 2. The number of rotatable bonds is 11. The second-order valence-corrected chi connectivity index (χ2v) is 8.75. The molecular formula is C23H23N2O11P. The van der Waals surface area contributed by atoms with E-state index in [1.54, 1.807) is 18.2 Å². The van der Waals surface area contributed by atoms with Crippen molar-refractivity contribution in [1.29, 1.82) is 0 Å². The first kappa shape index (κ1) is 26.1. The Bertz CT molecular complexity index is 1450. The Hall–Kier alpha value is -4.00. The van der Waals surface area contributed by atoms with Gasteiger partial charge >= 0.3 is 7.82 Å². The molecule has 2 aromatic heterocycles. The largest absolute Gasteiger partial charge is 0.563 e. The lowest BCUT2D eigenvalue weighted by Crippen LogP contribution is -2.10. The Morgan fingerprint density at radius 1 is 0.865 bits per heavy atom. The number of phosphoric acid groups is 1. The third kappa shape index (κ3) is 4.61. The number of ketones is 1. The molecule has 0 radical (unpaired) electrons. The van der Waals surface area contributed by atoms with Gasteiger partial charge in [-0.3, -0.25) is 4.79 Å². The van der Waals surface area contributed by atoms with Crippen molar-refractivity contribution in [2.75, 3.05) is 28.4 Å². The van der Waals surface area contributed by atoms with Crippen molar-refractivity contribution in [3.05, 3.63) is 53.8 Å². The molecule has 2 aromatic carbocycles. The first-order chi connectivity index (χ1) is 17.8. The van der Waals surface area contributed by atoms with E-state index in [1.165, 1.54) is 52.9 Å². The number of methoxy groups -OCH3 is 4. The van der Waals surface area contributed by atoms with Crippen LogP contribution in [0.1, 0.15) is 15.9 Å². The van der Waals surface area contributed by atoms with Gasteiger partial charge in [-0.05, 0) is 36.4 Å². The van der Waals surface area contributed by atoms with Crippen LogP contribution in [0.15, 0.2) is 51.5 Å². The molecule has 0 saturated carbocycles. The van der Waals surface area contributed by atoms with Crippen LogP contribution in [-0.4, -0.2) is 34.2 Å². The van der Waals surface area contributed by atoms with Crippen molar-refractivity contribution in [3.63, 3.8) is 0 Å². The predicted molar refractivity (Wildman–Crippen MR) is 129 cm³/mol. The molecule has 37 heavy (non-hydrogen) atoms. The maximum absolute atomic E-state index is 14.0. The van der Waals surface area contributed by atoms with E-state index in [0.29, 0.717) is 5.75 Å². The third-order valence-corrected chi connectivity index (χ3v) is 6.28. The molecule has 0 fully saturated rings. The summed E-state index contributed by atoms with van der Waals surface area (Å²) in [5, 5.41) is 0.251. The van der Waals surface area contributed by atoms with Crippen molar-refractivity contribution in [2.24, 2.45) is 11.8 Å². The Balaban J connectivity index is 2.01. The SMILES string of the molecule is COc1cc(C(=O)c2c(-c3ccco3)oc3c(OP(=O)(ON)ON)c(OC)ccc23)cc(OC)c1OC. The van der Waals surface area contributed by atoms with Crippen LogP contribution in [0.4, 0.5) is 0 Å². The lowest BCUT2D eigenvalue weighted by atomic mass is 9.98. The summed E-state index contributed by atoms with van der Waals surface area (Å²) in [5.41, 5.74) is 0.226. The minimum atomic E-state index is -4.47. The van der Waals surface area contributed by atoms with E-state index < -0.39 is 13.6 Å². The predicted octanol–water partition coefficient (Wildman–Crippen LogP) is 4.23. The summed E-state index contributed by atoms with van der Waals surface area (Å²) >= 11 is 0. The number of ether oxygens (including phenoxy) is 4. The van der Waals surface area contributed by atoms with Crippen molar-refractivity contribution >= 4 is 24.6 Å². The lowest BCUT2D eigenvalue weighted by molar-refractivity contribution is 0.103. The van der Waals surface area contributed by atoms with Gasteiger partial charge in [-0.15, -0.1) is 0 Å². The average Bonchev–Trinajstić information content (AvgIpc) is 3.60. The van der Waals surface area contributed by atoms with Gasteiger partial charge in [-0.1, -0.05) is 0 Å². The molecule has 4 N–H and O–H groups in total. The van der Waals surface area contributed by atoms with E-state index in [1.807, 2.05) is 0 Å². The fourth-order valence-corrected chi connectivity index (χ4v) is 4.24. The fraction of sp³-hybridized carbons (Fsp3) is 0.174. The summed E-state index contributed by atoms with van der Waals surface area (Å²) in [5.74, 6) is 10.6. The maximum Gasteiger partial charge on any atom is 0.563 e. The van der Waals surface area contributed by atoms with Crippen LogP contribution in [0.2, 0.25) is 0 Å². The van der Waals surface area contributed by atoms with Crippen molar-refractivity contribution in [3.8, 4) is 40.3 Å². The van der Waals surface area contributed by atoms with Gasteiger partial charge in [-0.2, -0.15) is 9.25 Å². The molecule has 0 atom stereocenters. The summed E-state index contributed by atoms with van der Waals surface area (Å²) in [6.45, 7) is 0. The van der Waals surface area contributed by atoms with Crippen LogP contribution in [0, 0.1) is 0 Å². The molecule has 0 aliphatic carbocycles. The summed E-state index contributed by atoms with van der Waals surface area (Å²) in [4.78, 5) is 14.0. The number of hydrogen-bond donors (Lipinski definition) is 2. The van der Waals surface area contributed by atoms with Crippen LogP contribution in [0.25, 0.3) is 22.5 Å². The van der Waals surface area contributed by atoms with E-state index in [-0.39, 0.29) is 56.6 Å². The van der Waals surface area contributed by atoms with Gasteiger partial charge in [0.05, 0.1) is 40.3 Å². The molecule has 196 valence electrons. The Labute approximate surface area is 210 Å². The number of fused-ring (bicyclic) bond motifs is 1. The minimum absolute atomic E-state index is 0.0455. The normalized spacial score (nSPS) is 11.4. The number of carbonyl (C=O) groups is 1. The zero-order valence-corrected chi connectivity index (χ0v) is 21.0. The van der Waals surface area contributed by atoms with E-state index in [0.717, 1.165) is 0 Å². The van der Waals surface area contributed by atoms with Crippen molar-refractivity contribution < 1.29 is 50.9 Å². The standard InChI is InChI=1S/C23H23N2O11P/c1-28-14-8-7-13-18(19(26)12-10-16(29-2)21(31-4)17(11-12)30-3)22(15-6-5-9-32-15)33-20(13)23(14)34-37(27,35-24)36-25/h5-11H,24-25H2,1-4H3. The number of furan rings is 2. The first-order valence-corrected chi connectivity index (χ1v) is 11.9. The maximum atomic E-state index is 14.0. The van der Waals surface area contributed by atoms with E-state index in [4.69, 9.17) is 44.1 Å². The molecule has 0 saturated heterocycles. The number of carbonyl (C=O) groups excluding carboxylic acids is 1. The zero-order valence-electron chi connectivity index (χ0n) is 20.1. The summed E-state index contributed by atoms with van der Waals surface area (Å²) in [6, 6.07) is 9.22. The molecule has 0 spiro atoms. The highest BCUT2D eigenvalue weighted by atomic mass is 31.2. The highest BCUT2D eigenvalue weighted by Crippen LogP contribution is 2.52.